The van der Waals surface area contributed by atoms with E-state index in [0.717, 1.165) is 12.8 Å². The summed E-state index contributed by atoms with van der Waals surface area (Å²) in [4.78, 5) is 22.3. The predicted molar refractivity (Wildman–Crippen MR) is 64.4 cm³/mol. The number of esters is 2. The van der Waals surface area contributed by atoms with Crippen LogP contribution in [0.2, 0.25) is 0 Å². The molecule has 0 radical (unpaired) electrons. The predicted octanol–water partition coefficient (Wildman–Crippen LogP) is 2.44. The van der Waals surface area contributed by atoms with Crippen LogP contribution in [0.4, 0.5) is 0 Å². The topological polar surface area (TPSA) is 52.6 Å². The molecule has 0 aromatic carbocycles. The lowest BCUT2D eigenvalue weighted by molar-refractivity contribution is -0.157. The summed E-state index contributed by atoms with van der Waals surface area (Å²) in [6.45, 7) is 3.94. The van der Waals surface area contributed by atoms with Crippen LogP contribution >= 0.6 is 15.9 Å². The van der Waals surface area contributed by atoms with Gasteiger partial charge >= 0.3 is 11.9 Å². The van der Waals surface area contributed by atoms with Crippen LogP contribution < -0.4 is 0 Å². The van der Waals surface area contributed by atoms with Crippen molar-refractivity contribution in [3.05, 3.63) is 0 Å². The molecule has 0 N–H and O–H groups in total. The van der Waals surface area contributed by atoms with E-state index in [1.807, 2.05) is 13.8 Å². The molecule has 94 valence electrons. The van der Waals surface area contributed by atoms with Gasteiger partial charge in [-0.3, -0.25) is 9.59 Å². The molecule has 5 heteroatoms. The second-order valence-corrected chi connectivity index (χ2v) is 4.10. The van der Waals surface area contributed by atoms with Gasteiger partial charge in [0.15, 0.2) is 0 Å². The molecule has 0 unspecified atom stereocenters. The summed E-state index contributed by atoms with van der Waals surface area (Å²) in [5.74, 6) is -0.501. The molecule has 0 fully saturated rings. The summed E-state index contributed by atoms with van der Waals surface area (Å²) in [6, 6.07) is 0. The van der Waals surface area contributed by atoms with Crippen molar-refractivity contribution in [2.24, 2.45) is 0 Å². The van der Waals surface area contributed by atoms with Crippen LogP contribution in [0.5, 0.6) is 0 Å². The molecular formula is C11H19BrO4. The fraction of sp³-hybridized carbons (Fsp3) is 0.818. The third-order valence-electron chi connectivity index (χ3n) is 1.81. The smallest absolute Gasteiger partial charge is 0.306 e. The number of ether oxygens (including phenoxy) is 2. The average molecular weight is 295 g/mol. The van der Waals surface area contributed by atoms with Gasteiger partial charge in [0.2, 0.25) is 0 Å². The summed E-state index contributed by atoms with van der Waals surface area (Å²) < 4.78 is 10.1. The second kappa shape index (κ2) is 9.63. The van der Waals surface area contributed by atoms with Crippen molar-refractivity contribution in [1.29, 1.82) is 0 Å². The van der Waals surface area contributed by atoms with E-state index in [9.17, 15) is 9.59 Å². The molecule has 16 heavy (non-hydrogen) atoms. The molecular weight excluding hydrogens is 276 g/mol. The minimum absolute atomic E-state index is 0.125. The van der Waals surface area contributed by atoms with Gasteiger partial charge in [-0.1, -0.05) is 29.8 Å². The Hall–Kier alpha value is -0.580. The van der Waals surface area contributed by atoms with Crippen molar-refractivity contribution >= 4 is 27.9 Å². The van der Waals surface area contributed by atoms with Crippen LogP contribution in [-0.2, 0) is 19.1 Å². The highest BCUT2D eigenvalue weighted by atomic mass is 79.9. The van der Waals surface area contributed by atoms with E-state index < -0.39 is 0 Å². The Morgan fingerprint density at radius 3 is 2.19 bits per heavy atom. The quantitative estimate of drug-likeness (QED) is 0.510. The van der Waals surface area contributed by atoms with Gasteiger partial charge in [0.1, 0.15) is 12.7 Å². The Morgan fingerprint density at radius 2 is 1.69 bits per heavy atom. The minimum atomic E-state index is -0.389. The van der Waals surface area contributed by atoms with Crippen LogP contribution in [0.1, 0.15) is 39.5 Å². The Bertz CT molecular complexity index is 218. The van der Waals surface area contributed by atoms with E-state index in [0.29, 0.717) is 18.2 Å². The fourth-order valence-electron chi connectivity index (χ4n) is 1.02. The summed E-state index contributed by atoms with van der Waals surface area (Å²) in [5.41, 5.74) is 0. The van der Waals surface area contributed by atoms with E-state index in [4.69, 9.17) is 9.47 Å². The maximum Gasteiger partial charge on any atom is 0.306 e. The zero-order chi connectivity index (χ0) is 12.4. The molecule has 0 bridgehead atoms. The highest BCUT2D eigenvalue weighted by Crippen LogP contribution is 2.03. The highest BCUT2D eigenvalue weighted by Gasteiger charge is 2.14. The number of carbonyl (C=O) groups is 2. The number of rotatable bonds is 8. The monoisotopic (exact) mass is 294 g/mol. The molecule has 1 atom stereocenters. The van der Waals surface area contributed by atoms with Crippen LogP contribution in [0, 0.1) is 0 Å². The first kappa shape index (κ1) is 15.4. The number of hydrogen-bond donors (Lipinski definition) is 0. The van der Waals surface area contributed by atoms with Crippen molar-refractivity contribution in [1.82, 2.24) is 0 Å². The zero-order valence-corrected chi connectivity index (χ0v) is 11.4. The molecule has 0 aliphatic heterocycles. The maximum atomic E-state index is 11.2. The normalized spacial score (nSPS) is 11.9. The molecule has 0 heterocycles. The number of halogens is 1. The van der Waals surface area contributed by atoms with Gasteiger partial charge in [-0.25, -0.2) is 0 Å². The third kappa shape index (κ3) is 7.68. The molecule has 0 rings (SSSR count). The SMILES string of the molecule is CCCC(=O)OC[C@@H](CBr)OC(=O)CCC. The molecule has 0 aliphatic carbocycles. The number of alkyl halides is 1. The van der Waals surface area contributed by atoms with Gasteiger partial charge in [-0.2, -0.15) is 0 Å². The lowest BCUT2D eigenvalue weighted by Gasteiger charge is -2.15. The lowest BCUT2D eigenvalue weighted by Crippen LogP contribution is -2.26. The Morgan fingerprint density at radius 1 is 1.12 bits per heavy atom. The maximum absolute atomic E-state index is 11.2. The minimum Gasteiger partial charge on any atom is -0.462 e. The fourth-order valence-corrected chi connectivity index (χ4v) is 1.34. The van der Waals surface area contributed by atoms with E-state index >= 15 is 0 Å². The molecule has 0 spiro atoms. The van der Waals surface area contributed by atoms with E-state index in [-0.39, 0.29) is 24.6 Å². The second-order valence-electron chi connectivity index (χ2n) is 3.45. The molecule has 0 amide bonds. The highest BCUT2D eigenvalue weighted by molar-refractivity contribution is 9.09. The first-order valence-electron chi connectivity index (χ1n) is 5.55. The summed E-state index contributed by atoms with van der Waals surface area (Å²) in [6.07, 6.45) is 1.92. The summed E-state index contributed by atoms with van der Waals surface area (Å²) in [7, 11) is 0. The van der Waals surface area contributed by atoms with Gasteiger partial charge in [0.05, 0.1) is 0 Å². The Balaban J connectivity index is 3.82. The first-order chi connectivity index (χ1) is 7.63. The van der Waals surface area contributed by atoms with Gasteiger partial charge in [0, 0.05) is 18.2 Å². The molecule has 0 aromatic heterocycles. The molecule has 4 nitrogen and oxygen atoms in total. The van der Waals surface area contributed by atoms with E-state index in [2.05, 4.69) is 15.9 Å². The number of hydrogen-bond acceptors (Lipinski definition) is 4. The Kier molecular flexibility index (Phi) is 9.28. The summed E-state index contributed by atoms with van der Waals surface area (Å²) in [5, 5.41) is 0.474. The largest absolute Gasteiger partial charge is 0.462 e. The van der Waals surface area contributed by atoms with Crippen molar-refractivity contribution in [2.75, 3.05) is 11.9 Å². The van der Waals surface area contributed by atoms with E-state index in [1.165, 1.54) is 0 Å². The van der Waals surface area contributed by atoms with E-state index in [1.54, 1.807) is 0 Å². The summed E-state index contributed by atoms with van der Waals surface area (Å²) >= 11 is 3.22. The van der Waals surface area contributed by atoms with Crippen LogP contribution in [0.25, 0.3) is 0 Å². The molecule has 0 saturated carbocycles. The van der Waals surface area contributed by atoms with Crippen molar-refractivity contribution in [3.63, 3.8) is 0 Å². The van der Waals surface area contributed by atoms with Crippen molar-refractivity contribution in [2.45, 2.75) is 45.6 Å². The van der Waals surface area contributed by atoms with Crippen molar-refractivity contribution < 1.29 is 19.1 Å². The number of carbonyl (C=O) groups excluding carboxylic acids is 2. The standard InChI is InChI=1S/C11H19BrO4/c1-3-5-10(13)15-8-9(7-12)16-11(14)6-4-2/h9H,3-8H2,1-2H3/t9-/m1/s1. The molecule has 0 aromatic rings. The van der Waals surface area contributed by atoms with Gasteiger partial charge in [-0.05, 0) is 12.8 Å². The van der Waals surface area contributed by atoms with Crippen LogP contribution in [0.15, 0.2) is 0 Å². The van der Waals surface area contributed by atoms with Crippen LogP contribution in [0.3, 0.4) is 0 Å². The average Bonchev–Trinajstić information content (AvgIpc) is 2.25. The first-order valence-corrected chi connectivity index (χ1v) is 6.67. The zero-order valence-electron chi connectivity index (χ0n) is 9.83. The van der Waals surface area contributed by atoms with Gasteiger partial charge in [0.25, 0.3) is 0 Å². The van der Waals surface area contributed by atoms with Crippen molar-refractivity contribution in [3.8, 4) is 0 Å². The van der Waals surface area contributed by atoms with Crippen LogP contribution in [-0.4, -0.2) is 30.0 Å². The molecule has 0 aliphatic rings. The lowest BCUT2D eigenvalue weighted by atomic mass is 10.3. The molecule has 0 saturated heterocycles. The third-order valence-corrected chi connectivity index (χ3v) is 2.53. The van der Waals surface area contributed by atoms with Gasteiger partial charge < -0.3 is 9.47 Å². The Labute approximate surface area is 105 Å². The van der Waals surface area contributed by atoms with Gasteiger partial charge in [-0.15, -0.1) is 0 Å².